The minimum absolute atomic E-state index is 0.0132. The second-order valence-electron chi connectivity index (χ2n) is 4.16. The summed E-state index contributed by atoms with van der Waals surface area (Å²) in [6.45, 7) is 2.72. The van der Waals surface area contributed by atoms with E-state index in [1.165, 1.54) is 17.1 Å². The maximum absolute atomic E-state index is 12.3. The quantitative estimate of drug-likeness (QED) is 0.772. The molecular formula is C13H12N2OS. The summed E-state index contributed by atoms with van der Waals surface area (Å²) in [5, 5.41) is 0. The Balaban J connectivity index is 1.95. The Morgan fingerprint density at radius 3 is 3.00 bits per heavy atom. The van der Waals surface area contributed by atoms with Gasteiger partial charge in [-0.05, 0) is 42.6 Å². The zero-order chi connectivity index (χ0) is 11.8. The van der Waals surface area contributed by atoms with Crippen molar-refractivity contribution in [3.63, 3.8) is 0 Å². The third-order valence-corrected chi connectivity index (χ3v) is 3.67. The number of para-hydroxylation sites is 1. The smallest absolute Gasteiger partial charge is 0.277 e. The molecule has 0 fully saturated rings. The van der Waals surface area contributed by atoms with Crippen LogP contribution in [0.4, 0.5) is 5.69 Å². The van der Waals surface area contributed by atoms with Crippen LogP contribution in [0.5, 0.6) is 0 Å². The highest BCUT2D eigenvalue weighted by molar-refractivity contribution is 7.05. The van der Waals surface area contributed by atoms with Gasteiger partial charge in [0.25, 0.3) is 5.91 Å². The highest BCUT2D eigenvalue weighted by Gasteiger charge is 2.26. The summed E-state index contributed by atoms with van der Waals surface area (Å²) in [5.74, 6) is 0.0132. The highest BCUT2D eigenvalue weighted by atomic mass is 32.1. The van der Waals surface area contributed by atoms with Gasteiger partial charge in [-0.1, -0.05) is 18.2 Å². The molecule has 4 heteroatoms. The Morgan fingerprint density at radius 2 is 2.24 bits per heavy atom. The first-order chi connectivity index (χ1) is 8.25. The number of amides is 1. The molecule has 1 aliphatic rings. The molecule has 17 heavy (non-hydrogen) atoms. The van der Waals surface area contributed by atoms with Crippen LogP contribution in [0, 0.1) is 6.92 Å². The number of nitrogens with zero attached hydrogens (tertiary/aromatic N) is 2. The van der Waals surface area contributed by atoms with E-state index in [0.29, 0.717) is 5.69 Å². The summed E-state index contributed by atoms with van der Waals surface area (Å²) in [6, 6.07) is 9.92. The van der Waals surface area contributed by atoms with Crippen molar-refractivity contribution >= 4 is 23.1 Å². The van der Waals surface area contributed by atoms with Gasteiger partial charge in [-0.2, -0.15) is 4.37 Å². The fourth-order valence-electron chi connectivity index (χ4n) is 2.15. The number of benzene rings is 1. The van der Waals surface area contributed by atoms with Gasteiger partial charge in [-0.15, -0.1) is 0 Å². The van der Waals surface area contributed by atoms with E-state index < -0.39 is 0 Å². The van der Waals surface area contributed by atoms with Gasteiger partial charge in [0, 0.05) is 17.1 Å². The van der Waals surface area contributed by atoms with Crippen molar-refractivity contribution in [2.24, 2.45) is 0 Å². The minimum Gasteiger partial charge on any atom is -0.306 e. The fraction of sp³-hybridized carbons (Fsp3) is 0.231. The van der Waals surface area contributed by atoms with Crippen LogP contribution in [0.3, 0.4) is 0 Å². The number of carbonyl (C=O) groups is 1. The summed E-state index contributed by atoms with van der Waals surface area (Å²) in [4.78, 5) is 15.2. The van der Waals surface area contributed by atoms with E-state index in [1.54, 1.807) is 0 Å². The molecule has 0 N–H and O–H groups in total. The SMILES string of the molecule is Cc1cc(C(=O)N2CCc3ccccc32)ns1. The van der Waals surface area contributed by atoms with Crippen LogP contribution in [-0.4, -0.2) is 16.8 Å². The predicted octanol–water partition coefficient (Wildman–Crippen LogP) is 2.65. The van der Waals surface area contributed by atoms with Crippen LogP contribution in [0.2, 0.25) is 0 Å². The topological polar surface area (TPSA) is 33.2 Å². The molecule has 3 rings (SSSR count). The number of rotatable bonds is 1. The van der Waals surface area contributed by atoms with Crippen LogP contribution in [-0.2, 0) is 6.42 Å². The number of aryl methyl sites for hydroxylation is 1. The molecule has 0 spiro atoms. The zero-order valence-corrected chi connectivity index (χ0v) is 10.3. The number of hydrogen-bond donors (Lipinski definition) is 0. The molecule has 2 aromatic rings. The van der Waals surface area contributed by atoms with Gasteiger partial charge in [0.1, 0.15) is 5.69 Å². The Labute approximate surface area is 104 Å². The molecule has 3 nitrogen and oxygen atoms in total. The minimum atomic E-state index is 0.0132. The standard InChI is InChI=1S/C13H12N2OS/c1-9-8-11(14-17-9)13(16)15-7-6-10-4-2-3-5-12(10)15/h2-5,8H,6-7H2,1H3. The maximum atomic E-state index is 12.3. The van der Waals surface area contributed by atoms with Crippen molar-refractivity contribution in [2.45, 2.75) is 13.3 Å². The van der Waals surface area contributed by atoms with E-state index in [0.717, 1.165) is 23.5 Å². The lowest BCUT2D eigenvalue weighted by Crippen LogP contribution is -2.29. The van der Waals surface area contributed by atoms with Crippen molar-refractivity contribution < 1.29 is 4.79 Å². The van der Waals surface area contributed by atoms with Gasteiger partial charge in [0.05, 0.1) is 0 Å². The maximum Gasteiger partial charge on any atom is 0.277 e. The van der Waals surface area contributed by atoms with Crippen LogP contribution in [0.1, 0.15) is 20.9 Å². The van der Waals surface area contributed by atoms with Gasteiger partial charge < -0.3 is 4.90 Å². The Morgan fingerprint density at radius 1 is 1.41 bits per heavy atom. The van der Waals surface area contributed by atoms with Crippen molar-refractivity contribution in [1.29, 1.82) is 0 Å². The van der Waals surface area contributed by atoms with Gasteiger partial charge in [0.2, 0.25) is 0 Å². The molecule has 0 bridgehead atoms. The second-order valence-corrected chi connectivity index (χ2v) is 5.17. The number of aromatic nitrogens is 1. The van der Waals surface area contributed by atoms with E-state index in [2.05, 4.69) is 10.4 Å². The van der Waals surface area contributed by atoms with E-state index in [1.807, 2.05) is 36.1 Å². The van der Waals surface area contributed by atoms with E-state index in [-0.39, 0.29) is 5.91 Å². The van der Waals surface area contributed by atoms with Crippen LogP contribution < -0.4 is 4.90 Å². The molecule has 0 saturated heterocycles. The monoisotopic (exact) mass is 244 g/mol. The summed E-state index contributed by atoms with van der Waals surface area (Å²) < 4.78 is 4.18. The van der Waals surface area contributed by atoms with Crippen LogP contribution >= 0.6 is 11.5 Å². The average molecular weight is 244 g/mol. The van der Waals surface area contributed by atoms with Crippen molar-refractivity contribution in [3.8, 4) is 0 Å². The lowest BCUT2D eigenvalue weighted by Gasteiger charge is -2.15. The van der Waals surface area contributed by atoms with Gasteiger partial charge >= 0.3 is 0 Å². The molecule has 0 unspecified atom stereocenters. The summed E-state index contributed by atoms with van der Waals surface area (Å²) in [5.41, 5.74) is 2.83. The Bertz CT molecular complexity index is 576. The summed E-state index contributed by atoms with van der Waals surface area (Å²) >= 11 is 1.38. The van der Waals surface area contributed by atoms with E-state index in [4.69, 9.17) is 0 Å². The zero-order valence-electron chi connectivity index (χ0n) is 9.51. The predicted molar refractivity (Wildman–Crippen MR) is 68.7 cm³/mol. The van der Waals surface area contributed by atoms with Crippen molar-refractivity contribution in [2.75, 3.05) is 11.4 Å². The second kappa shape index (κ2) is 3.96. The van der Waals surface area contributed by atoms with E-state index in [9.17, 15) is 4.79 Å². The number of carbonyl (C=O) groups excluding carboxylic acids is 1. The first-order valence-corrected chi connectivity index (χ1v) is 6.36. The summed E-state index contributed by atoms with van der Waals surface area (Å²) in [6.07, 6.45) is 0.936. The normalized spacial score (nSPS) is 13.8. The summed E-state index contributed by atoms with van der Waals surface area (Å²) in [7, 11) is 0. The lowest BCUT2D eigenvalue weighted by atomic mass is 10.2. The van der Waals surface area contributed by atoms with Crippen LogP contribution in [0.15, 0.2) is 30.3 Å². The Hall–Kier alpha value is -1.68. The molecule has 1 aromatic carbocycles. The van der Waals surface area contributed by atoms with Crippen LogP contribution in [0.25, 0.3) is 0 Å². The molecule has 1 aromatic heterocycles. The molecule has 2 heterocycles. The largest absolute Gasteiger partial charge is 0.306 e. The number of hydrogen-bond acceptors (Lipinski definition) is 3. The Kier molecular flexibility index (Phi) is 2.44. The molecular weight excluding hydrogens is 232 g/mol. The molecule has 86 valence electrons. The van der Waals surface area contributed by atoms with Crippen molar-refractivity contribution in [3.05, 3.63) is 46.5 Å². The molecule has 0 aliphatic carbocycles. The fourth-order valence-corrected chi connectivity index (χ4v) is 2.69. The van der Waals surface area contributed by atoms with Crippen molar-refractivity contribution in [1.82, 2.24) is 4.37 Å². The lowest BCUT2D eigenvalue weighted by molar-refractivity contribution is 0.0985. The molecule has 0 radical (unpaired) electrons. The van der Waals surface area contributed by atoms with Gasteiger partial charge in [-0.25, -0.2) is 0 Å². The first kappa shape index (κ1) is 10.5. The van der Waals surface area contributed by atoms with E-state index >= 15 is 0 Å². The molecule has 0 saturated carbocycles. The molecule has 1 aliphatic heterocycles. The highest BCUT2D eigenvalue weighted by Crippen LogP contribution is 2.28. The average Bonchev–Trinajstić information content (AvgIpc) is 2.94. The third kappa shape index (κ3) is 1.74. The first-order valence-electron chi connectivity index (χ1n) is 5.59. The molecule has 1 amide bonds. The third-order valence-electron chi connectivity index (χ3n) is 2.98. The number of fused-ring (bicyclic) bond motifs is 1. The van der Waals surface area contributed by atoms with Gasteiger partial charge in [0.15, 0.2) is 0 Å². The number of anilines is 1. The molecule has 0 atom stereocenters. The van der Waals surface area contributed by atoms with Gasteiger partial charge in [-0.3, -0.25) is 4.79 Å².